The van der Waals surface area contributed by atoms with Gasteiger partial charge in [-0.25, -0.2) is 0 Å². The van der Waals surface area contributed by atoms with Crippen LogP contribution in [0.4, 0.5) is 0 Å². The van der Waals surface area contributed by atoms with E-state index in [4.69, 9.17) is 20.9 Å². The standard InChI is InChI=1S/C48H30O/c1-2-13-31(14-3-1)33-27-28-44-43(30-33)48-42(25-12-26-45(48)49-44)47-40-22-8-6-20-38(40)46(39-21-7-9-23-41(39)47)35-18-10-17-34(29-35)37-24-11-16-32-15-4-5-19-36(32)37/h1-30H/i1D,2D,3D,4D,5D,11D,13D,14D,15D,16D,19D,24D. The van der Waals surface area contributed by atoms with Crippen molar-refractivity contribution in [2.75, 3.05) is 0 Å². The van der Waals surface area contributed by atoms with E-state index in [0.717, 1.165) is 49.2 Å². The summed E-state index contributed by atoms with van der Waals surface area (Å²) in [5, 5.41) is 5.06. The summed E-state index contributed by atoms with van der Waals surface area (Å²) in [4.78, 5) is 0. The van der Waals surface area contributed by atoms with Crippen molar-refractivity contribution in [2.24, 2.45) is 0 Å². The minimum atomic E-state index is -0.505. The van der Waals surface area contributed by atoms with E-state index in [0.29, 0.717) is 27.7 Å². The van der Waals surface area contributed by atoms with Crippen LogP contribution in [0.3, 0.4) is 0 Å². The van der Waals surface area contributed by atoms with E-state index in [-0.39, 0.29) is 46.1 Å². The smallest absolute Gasteiger partial charge is 0.136 e. The Hall–Kier alpha value is -6.44. The van der Waals surface area contributed by atoms with Crippen molar-refractivity contribution >= 4 is 54.3 Å². The van der Waals surface area contributed by atoms with Crippen molar-refractivity contribution in [1.29, 1.82) is 0 Å². The maximum absolute atomic E-state index is 9.02. The molecule has 10 aromatic rings. The maximum atomic E-state index is 9.02. The fraction of sp³-hybridized carbons (Fsp3) is 0. The molecule has 0 bridgehead atoms. The van der Waals surface area contributed by atoms with Crippen LogP contribution in [0, 0.1) is 0 Å². The molecule has 9 aromatic carbocycles. The first-order chi connectivity index (χ1) is 29.3. The summed E-state index contributed by atoms with van der Waals surface area (Å²) in [7, 11) is 0. The second-order valence-electron chi connectivity index (χ2n) is 11.9. The zero-order valence-electron chi connectivity index (χ0n) is 37.8. The van der Waals surface area contributed by atoms with E-state index in [1.54, 1.807) is 18.2 Å². The topological polar surface area (TPSA) is 13.1 Å². The van der Waals surface area contributed by atoms with Crippen LogP contribution in [0.5, 0.6) is 0 Å². The van der Waals surface area contributed by atoms with Gasteiger partial charge in [0.1, 0.15) is 11.2 Å². The third-order valence-corrected chi connectivity index (χ3v) is 9.24. The summed E-state index contributed by atoms with van der Waals surface area (Å²) in [6.07, 6.45) is 0. The van der Waals surface area contributed by atoms with Crippen LogP contribution >= 0.6 is 0 Å². The first kappa shape index (κ1) is 18.2. The molecule has 0 spiro atoms. The number of fused-ring (bicyclic) bond motifs is 6. The van der Waals surface area contributed by atoms with E-state index in [2.05, 4.69) is 12.1 Å². The van der Waals surface area contributed by atoms with Gasteiger partial charge in [0.2, 0.25) is 0 Å². The van der Waals surface area contributed by atoms with Gasteiger partial charge >= 0.3 is 0 Å². The summed E-state index contributed by atoms with van der Waals surface area (Å²) in [6, 6.07) is 29.7. The van der Waals surface area contributed by atoms with Gasteiger partial charge in [0, 0.05) is 10.8 Å². The zero-order chi connectivity index (χ0) is 42.8. The lowest BCUT2D eigenvalue weighted by Gasteiger charge is -2.19. The molecule has 0 unspecified atom stereocenters. The van der Waals surface area contributed by atoms with E-state index in [1.807, 2.05) is 78.9 Å². The Morgan fingerprint density at radius 2 is 1.04 bits per heavy atom. The molecule has 49 heavy (non-hydrogen) atoms. The maximum Gasteiger partial charge on any atom is 0.136 e. The Labute approximate surface area is 301 Å². The Bertz CT molecular complexity index is 3480. The van der Waals surface area contributed by atoms with Crippen molar-refractivity contribution in [3.63, 3.8) is 0 Å². The fourth-order valence-corrected chi connectivity index (χ4v) is 7.17. The predicted octanol–water partition coefficient (Wildman–Crippen LogP) is 13.7. The molecule has 0 radical (unpaired) electrons. The highest BCUT2D eigenvalue weighted by Crippen LogP contribution is 2.47. The average Bonchev–Trinajstić information content (AvgIpc) is 3.65. The number of furan rings is 1. The van der Waals surface area contributed by atoms with E-state index in [9.17, 15) is 0 Å². The molecule has 0 aliphatic heterocycles. The number of hydrogen-bond acceptors (Lipinski definition) is 1. The molecule has 0 saturated carbocycles. The normalized spacial score (nSPS) is 15.1. The van der Waals surface area contributed by atoms with E-state index in [1.165, 1.54) is 0 Å². The summed E-state index contributed by atoms with van der Waals surface area (Å²) < 4.78 is 109. The molecule has 0 aliphatic rings. The molecule has 10 rings (SSSR count). The molecule has 1 heteroatoms. The molecule has 0 atom stereocenters. The molecular weight excluding hydrogens is 593 g/mol. The van der Waals surface area contributed by atoms with Crippen LogP contribution in [0.15, 0.2) is 186 Å². The monoisotopic (exact) mass is 634 g/mol. The lowest BCUT2D eigenvalue weighted by molar-refractivity contribution is 0.669. The minimum absolute atomic E-state index is 0.0226. The van der Waals surface area contributed by atoms with E-state index < -0.39 is 48.3 Å². The van der Waals surface area contributed by atoms with E-state index >= 15 is 0 Å². The highest BCUT2D eigenvalue weighted by molar-refractivity contribution is 6.26. The van der Waals surface area contributed by atoms with Gasteiger partial charge in [-0.1, -0.05) is 157 Å². The van der Waals surface area contributed by atoms with Crippen LogP contribution in [-0.4, -0.2) is 0 Å². The lowest BCUT2D eigenvalue weighted by Crippen LogP contribution is -1.92. The van der Waals surface area contributed by atoms with Crippen molar-refractivity contribution in [1.82, 2.24) is 0 Å². The lowest BCUT2D eigenvalue weighted by atomic mass is 9.84. The zero-order valence-corrected chi connectivity index (χ0v) is 25.8. The van der Waals surface area contributed by atoms with Gasteiger partial charge in [-0.05, 0) is 101 Å². The molecule has 0 N–H and O–H groups in total. The Morgan fingerprint density at radius 3 is 1.84 bits per heavy atom. The van der Waals surface area contributed by atoms with Crippen molar-refractivity contribution in [3.8, 4) is 44.5 Å². The summed E-state index contributed by atoms with van der Waals surface area (Å²) in [5.41, 5.74) is 5.79. The second kappa shape index (κ2) is 11.1. The Kier molecular flexibility index (Phi) is 4.11. The molecule has 1 heterocycles. The first-order valence-corrected chi connectivity index (χ1v) is 15.9. The van der Waals surface area contributed by atoms with Gasteiger partial charge in [0.25, 0.3) is 0 Å². The van der Waals surface area contributed by atoms with Gasteiger partial charge in [0.05, 0.1) is 16.4 Å². The molecule has 0 saturated heterocycles. The predicted molar refractivity (Wildman–Crippen MR) is 208 cm³/mol. The van der Waals surface area contributed by atoms with Crippen molar-refractivity contribution in [2.45, 2.75) is 0 Å². The highest BCUT2D eigenvalue weighted by Gasteiger charge is 2.21. The molecule has 1 aromatic heterocycles. The van der Waals surface area contributed by atoms with Gasteiger partial charge in [-0.15, -0.1) is 0 Å². The van der Waals surface area contributed by atoms with Crippen LogP contribution in [-0.2, 0) is 0 Å². The van der Waals surface area contributed by atoms with Gasteiger partial charge in [-0.3, -0.25) is 0 Å². The molecule has 228 valence electrons. The summed E-state index contributed by atoms with van der Waals surface area (Å²) in [6.45, 7) is 0. The van der Waals surface area contributed by atoms with Gasteiger partial charge < -0.3 is 4.42 Å². The molecule has 0 fully saturated rings. The van der Waals surface area contributed by atoms with Crippen LogP contribution < -0.4 is 0 Å². The Balaban J connectivity index is 1.25. The SMILES string of the molecule is [2H]c1c([2H])c([2H])c(-c2ccc3oc4cccc(-c5c6ccccc6c(-c6cccc(-c7c([2H])c([2H])c([2H])c8c([2H])c([2H])c([2H])c([2H])c78)c6)c6ccccc56)c4c3c2)c([2H])c1[2H]. The number of benzene rings is 9. The van der Waals surface area contributed by atoms with Crippen molar-refractivity contribution < 1.29 is 20.9 Å². The summed E-state index contributed by atoms with van der Waals surface area (Å²) >= 11 is 0. The third-order valence-electron chi connectivity index (χ3n) is 9.24. The average molecular weight is 635 g/mol. The quantitative estimate of drug-likeness (QED) is 0.176. The van der Waals surface area contributed by atoms with Crippen LogP contribution in [0.25, 0.3) is 98.8 Å². The minimum Gasteiger partial charge on any atom is -0.456 e. The van der Waals surface area contributed by atoms with Crippen molar-refractivity contribution in [3.05, 3.63) is 182 Å². The largest absolute Gasteiger partial charge is 0.456 e. The van der Waals surface area contributed by atoms with Gasteiger partial charge in [0.15, 0.2) is 0 Å². The molecular formula is C48H30O. The van der Waals surface area contributed by atoms with Crippen LogP contribution in [0.2, 0.25) is 0 Å². The van der Waals surface area contributed by atoms with Gasteiger partial charge in [-0.2, -0.15) is 0 Å². The Morgan fingerprint density at radius 1 is 0.367 bits per heavy atom. The fourth-order valence-electron chi connectivity index (χ4n) is 7.17. The number of rotatable bonds is 4. The highest BCUT2D eigenvalue weighted by atomic mass is 16.3. The molecule has 0 amide bonds. The second-order valence-corrected chi connectivity index (χ2v) is 11.9. The summed E-state index contributed by atoms with van der Waals surface area (Å²) in [5.74, 6) is 0. The molecule has 0 aliphatic carbocycles. The van der Waals surface area contributed by atoms with Crippen LogP contribution in [0.1, 0.15) is 16.4 Å². The molecule has 1 nitrogen and oxygen atoms in total. The first-order valence-electron chi connectivity index (χ1n) is 21.9. The number of hydrogen-bond donors (Lipinski definition) is 0. The third kappa shape index (κ3) is 4.40.